The Hall–Kier alpha value is -2.99. The van der Waals surface area contributed by atoms with Crippen LogP contribution in [0.4, 0.5) is 0 Å². The molecule has 0 amide bonds. The predicted molar refractivity (Wildman–Crippen MR) is 103 cm³/mol. The summed E-state index contributed by atoms with van der Waals surface area (Å²) in [6, 6.07) is 15.8. The fourth-order valence-electron chi connectivity index (χ4n) is 2.78. The standard InChI is InChI=1S/C23H22O3/c1-4-23(3,22(24)25)15-20-14-19-13-18(11-12-21(19)26-20)10-9-17-7-5-16(2)6-8-17/h5-8,11-14H,4,15H2,1-3H3,(H,24,25)/t23-/m0/s1. The van der Waals surface area contributed by atoms with Crippen LogP contribution in [0.2, 0.25) is 0 Å². The molecule has 2 aromatic carbocycles. The predicted octanol–water partition coefficient (Wildman–Crippen LogP) is 5.18. The lowest BCUT2D eigenvalue weighted by Crippen LogP contribution is -2.28. The van der Waals surface area contributed by atoms with Gasteiger partial charge in [-0.25, -0.2) is 0 Å². The van der Waals surface area contributed by atoms with E-state index in [1.807, 2.05) is 55.5 Å². The zero-order chi connectivity index (χ0) is 18.7. The van der Waals surface area contributed by atoms with Gasteiger partial charge in [0.1, 0.15) is 11.3 Å². The molecule has 0 aliphatic rings. The molecular formula is C23H22O3. The quantitative estimate of drug-likeness (QED) is 0.662. The maximum Gasteiger partial charge on any atom is 0.309 e. The van der Waals surface area contributed by atoms with Gasteiger partial charge in [0.15, 0.2) is 0 Å². The Morgan fingerprint density at radius 1 is 1.08 bits per heavy atom. The smallest absolute Gasteiger partial charge is 0.309 e. The summed E-state index contributed by atoms with van der Waals surface area (Å²) in [5.74, 6) is 6.23. The monoisotopic (exact) mass is 346 g/mol. The van der Waals surface area contributed by atoms with Crippen molar-refractivity contribution in [2.24, 2.45) is 5.41 Å². The first-order chi connectivity index (χ1) is 12.4. The van der Waals surface area contributed by atoms with Crippen molar-refractivity contribution in [2.45, 2.75) is 33.6 Å². The first-order valence-corrected chi connectivity index (χ1v) is 8.74. The van der Waals surface area contributed by atoms with Crippen LogP contribution in [0, 0.1) is 24.2 Å². The van der Waals surface area contributed by atoms with E-state index in [9.17, 15) is 9.90 Å². The van der Waals surface area contributed by atoms with Crippen molar-refractivity contribution < 1.29 is 14.3 Å². The highest BCUT2D eigenvalue weighted by Gasteiger charge is 2.32. The van der Waals surface area contributed by atoms with Gasteiger partial charge >= 0.3 is 5.97 Å². The number of aryl methyl sites for hydroxylation is 1. The van der Waals surface area contributed by atoms with Crippen LogP contribution in [0.15, 0.2) is 52.9 Å². The largest absolute Gasteiger partial charge is 0.481 e. The Bertz CT molecular complexity index is 999. The number of carboxylic acid groups (broad SMARTS) is 1. The third-order valence-electron chi connectivity index (χ3n) is 4.83. The Kier molecular flexibility index (Phi) is 4.86. The Morgan fingerprint density at radius 2 is 1.73 bits per heavy atom. The number of aliphatic carboxylic acids is 1. The van der Waals surface area contributed by atoms with Crippen LogP contribution in [-0.2, 0) is 11.2 Å². The molecule has 0 bridgehead atoms. The van der Waals surface area contributed by atoms with E-state index < -0.39 is 11.4 Å². The van der Waals surface area contributed by atoms with Crippen LogP contribution >= 0.6 is 0 Å². The molecule has 0 saturated heterocycles. The summed E-state index contributed by atoms with van der Waals surface area (Å²) in [6.45, 7) is 5.69. The Morgan fingerprint density at radius 3 is 2.38 bits per heavy atom. The minimum absolute atomic E-state index is 0.373. The number of furan rings is 1. The molecule has 1 aromatic heterocycles. The van der Waals surface area contributed by atoms with E-state index in [-0.39, 0.29) is 0 Å². The van der Waals surface area contributed by atoms with Crippen LogP contribution in [-0.4, -0.2) is 11.1 Å². The minimum Gasteiger partial charge on any atom is -0.481 e. The highest BCUT2D eigenvalue weighted by atomic mass is 16.4. The van der Waals surface area contributed by atoms with Crippen molar-refractivity contribution in [3.63, 3.8) is 0 Å². The lowest BCUT2D eigenvalue weighted by Gasteiger charge is -2.21. The highest BCUT2D eigenvalue weighted by molar-refractivity contribution is 5.80. The fourth-order valence-corrected chi connectivity index (χ4v) is 2.78. The molecule has 3 heteroatoms. The van der Waals surface area contributed by atoms with Gasteiger partial charge in [-0.2, -0.15) is 0 Å². The second kappa shape index (κ2) is 7.09. The first-order valence-electron chi connectivity index (χ1n) is 8.74. The molecule has 3 rings (SSSR count). The molecule has 0 spiro atoms. The number of hydrogen-bond acceptors (Lipinski definition) is 2. The molecule has 26 heavy (non-hydrogen) atoms. The van der Waals surface area contributed by atoms with E-state index in [1.165, 1.54) is 5.56 Å². The zero-order valence-electron chi connectivity index (χ0n) is 15.3. The normalized spacial score (nSPS) is 13.0. The summed E-state index contributed by atoms with van der Waals surface area (Å²) in [5.41, 5.74) is 3.03. The maximum absolute atomic E-state index is 11.5. The van der Waals surface area contributed by atoms with Gasteiger partial charge in [-0.1, -0.05) is 36.5 Å². The summed E-state index contributed by atoms with van der Waals surface area (Å²) < 4.78 is 5.84. The topological polar surface area (TPSA) is 50.4 Å². The summed E-state index contributed by atoms with van der Waals surface area (Å²) in [5, 5.41) is 10.4. The van der Waals surface area contributed by atoms with Gasteiger partial charge in [-0.15, -0.1) is 0 Å². The van der Waals surface area contributed by atoms with E-state index in [4.69, 9.17) is 4.42 Å². The number of hydrogen-bond donors (Lipinski definition) is 1. The van der Waals surface area contributed by atoms with Gasteiger partial charge in [-0.05, 0) is 56.7 Å². The molecule has 0 aliphatic carbocycles. The summed E-state index contributed by atoms with van der Waals surface area (Å²) >= 11 is 0. The van der Waals surface area contributed by atoms with Crippen LogP contribution in [0.5, 0.6) is 0 Å². The van der Waals surface area contributed by atoms with Crippen LogP contribution in [0.3, 0.4) is 0 Å². The molecule has 0 aliphatic heterocycles. The van der Waals surface area contributed by atoms with Crippen molar-refractivity contribution in [1.29, 1.82) is 0 Å². The molecule has 132 valence electrons. The molecule has 1 heterocycles. The number of carboxylic acids is 1. The summed E-state index contributed by atoms with van der Waals surface area (Å²) in [7, 11) is 0. The van der Waals surface area contributed by atoms with E-state index >= 15 is 0 Å². The van der Waals surface area contributed by atoms with Crippen LogP contribution in [0.25, 0.3) is 11.0 Å². The second-order valence-corrected chi connectivity index (χ2v) is 6.98. The van der Waals surface area contributed by atoms with Gasteiger partial charge in [0, 0.05) is 22.9 Å². The van der Waals surface area contributed by atoms with Crippen molar-refractivity contribution in [1.82, 2.24) is 0 Å². The highest BCUT2D eigenvalue weighted by Crippen LogP contribution is 2.30. The zero-order valence-corrected chi connectivity index (χ0v) is 15.3. The second-order valence-electron chi connectivity index (χ2n) is 6.98. The molecular weight excluding hydrogens is 324 g/mol. The molecule has 3 nitrogen and oxygen atoms in total. The number of benzene rings is 2. The van der Waals surface area contributed by atoms with Crippen molar-refractivity contribution in [3.8, 4) is 11.8 Å². The minimum atomic E-state index is -0.818. The molecule has 0 unspecified atom stereocenters. The lowest BCUT2D eigenvalue weighted by atomic mass is 9.83. The van der Waals surface area contributed by atoms with Gasteiger partial charge in [-0.3, -0.25) is 4.79 Å². The molecule has 0 fully saturated rings. The van der Waals surface area contributed by atoms with Crippen LogP contribution in [0.1, 0.15) is 42.7 Å². The number of fused-ring (bicyclic) bond motifs is 1. The molecule has 0 radical (unpaired) electrons. The van der Waals surface area contributed by atoms with Gasteiger partial charge in [0.05, 0.1) is 5.41 Å². The molecule has 0 saturated carbocycles. The van der Waals surface area contributed by atoms with E-state index in [1.54, 1.807) is 6.92 Å². The van der Waals surface area contributed by atoms with Crippen molar-refractivity contribution in [2.75, 3.05) is 0 Å². The van der Waals surface area contributed by atoms with Gasteiger partial charge < -0.3 is 9.52 Å². The van der Waals surface area contributed by atoms with Gasteiger partial charge in [0.2, 0.25) is 0 Å². The van der Waals surface area contributed by atoms with E-state index in [2.05, 4.69) is 18.8 Å². The Balaban J connectivity index is 1.86. The Labute approximate surface area is 153 Å². The third kappa shape index (κ3) is 3.81. The fraction of sp³-hybridized carbons (Fsp3) is 0.261. The molecule has 1 N–H and O–H groups in total. The first kappa shape index (κ1) is 17.8. The summed E-state index contributed by atoms with van der Waals surface area (Å²) in [6.07, 6.45) is 0.921. The lowest BCUT2D eigenvalue weighted by molar-refractivity contribution is -0.148. The molecule has 3 aromatic rings. The van der Waals surface area contributed by atoms with Crippen molar-refractivity contribution >= 4 is 16.9 Å². The number of carbonyl (C=O) groups is 1. The maximum atomic E-state index is 11.5. The van der Waals surface area contributed by atoms with Crippen molar-refractivity contribution in [3.05, 3.63) is 71.0 Å². The molecule has 1 atom stereocenters. The van der Waals surface area contributed by atoms with E-state index in [0.717, 1.165) is 22.1 Å². The average Bonchev–Trinajstić information content (AvgIpc) is 3.02. The average molecular weight is 346 g/mol. The van der Waals surface area contributed by atoms with Crippen LogP contribution < -0.4 is 0 Å². The summed E-state index contributed by atoms with van der Waals surface area (Å²) in [4.78, 5) is 11.5. The number of rotatable bonds is 4. The van der Waals surface area contributed by atoms with E-state index in [0.29, 0.717) is 18.6 Å². The SMILES string of the molecule is CC[C@@](C)(Cc1cc2cc(C#Cc3ccc(C)cc3)ccc2o1)C(=O)O. The third-order valence-corrected chi connectivity index (χ3v) is 4.83. The van der Waals surface area contributed by atoms with Gasteiger partial charge in [0.25, 0.3) is 0 Å².